The Bertz CT molecular complexity index is 1020. The lowest BCUT2D eigenvalue weighted by molar-refractivity contribution is -0.137. The minimum Gasteiger partial charge on any atom is -0.454 e. The van der Waals surface area contributed by atoms with Crippen molar-refractivity contribution >= 4 is 34.6 Å². The number of alkyl halides is 3. The van der Waals surface area contributed by atoms with E-state index in [1.165, 1.54) is 24.1 Å². The topological polar surface area (TPSA) is 51.1 Å². The number of rotatable bonds is 2. The van der Waals surface area contributed by atoms with Gasteiger partial charge in [0.15, 0.2) is 16.7 Å². The van der Waals surface area contributed by atoms with E-state index in [0.717, 1.165) is 29.5 Å². The zero-order chi connectivity index (χ0) is 19.9. The van der Waals surface area contributed by atoms with Crippen molar-refractivity contribution in [2.45, 2.75) is 6.18 Å². The van der Waals surface area contributed by atoms with Gasteiger partial charge in [-0.1, -0.05) is 12.1 Å². The molecule has 2 aliphatic rings. The van der Waals surface area contributed by atoms with Crippen LogP contribution in [0.3, 0.4) is 0 Å². The summed E-state index contributed by atoms with van der Waals surface area (Å²) in [6.45, 7) is 0.152. The number of halogens is 3. The van der Waals surface area contributed by atoms with Gasteiger partial charge >= 0.3 is 6.18 Å². The molecule has 2 aliphatic heterocycles. The molecule has 28 heavy (non-hydrogen) atoms. The second kappa shape index (κ2) is 6.90. The minimum atomic E-state index is -4.45. The molecule has 0 bridgehead atoms. The van der Waals surface area contributed by atoms with Gasteiger partial charge < -0.3 is 9.47 Å². The molecule has 0 atom stereocenters. The zero-order valence-corrected chi connectivity index (χ0v) is 15.3. The highest BCUT2D eigenvalue weighted by molar-refractivity contribution is 8.18. The summed E-state index contributed by atoms with van der Waals surface area (Å²) in [5.74, 6) is 0.945. The number of carbonyl (C=O) groups excluding carboxylic acids is 1. The Kier molecular flexibility index (Phi) is 4.54. The third kappa shape index (κ3) is 3.57. The van der Waals surface area contributed by atoms with Crippen LogP contribution in [-0.4, -0.2) is 29.8 Å². The number of benzene rings is 2. The van der Waals surface area contributed by atoms with Gasteiger partial charge in [0.1, 0.15) is 0 Å². The van der Waals surface area contributed by atoms with Gasteiger partial charge in [0, 0.05) is 7.05 Å². The summed E-state index contributed by atoms with van der Waals surface area (Å²) >= 11 is 1.10. The molecule has 0 aromatic heterocycles. The highest BCUT2D eigenvalue weighted by atomic mass is 32.2. The van der Waals surface area contributed by atoms with Crippen LogP contribution in [-0.2, 0) is 11.0 Å². The Morgan fingerprint density at radius 1 is 1.14 bits per heavy atom. The summed E-state index contributed by atoms with van der Waals surface area (Å²) in [5, 5.41) is 0.302. The van der Waals surface area contributed by atoms with Crippen LogP contribution >= 0.6 is 11.8 Å². The number of hydrogen-bond donors (Lipinski definition) is 0. The normalized spacial score (nSPS) is 19.1. The molecular weight excluding hydrogens is 393 g/mol. The monoisotopic (exact) mass is 406 g/mol. The first-order valence-corrected chi connectivity index (χ1v) is 8.96. The Morgan fingerprint density at radius 2 is 1.93 bits per heavy atom. The smallest absolute Gasteiger partial charge is 0.416 e. The Labute approximate surface area is 162 Å². The number of likely N-dealkylation sites (N-methyl/N-ethyl adjacent to an activating group) is 1. The molecule has 4 rings (SSSR count). The third-order valence-electron chi connectivity index (χ3n) is 4.10. The fourth-order valence-electron chi connectivity index (χ4n) is 2.67. The number of amidine groups is 1. The highest BCUT2D eigenvalue weighted by Gasteiger charge is 2.32. The molecule has 1 saturated heterocycles. The van der Waals surface area contributed by atoms with Crippen LogP contribution in [0.15, 0.2) is 52.4 Å². The van der Waals surface area contributed by atoms with Crippen LogP contribution in [0.25, 0.3) is 6.08 Å². The molecule has 0 aliphatic carbocycles. The van der Waals surface area contributed by atoms with Crippen molar-refractivity contribution in [2.24, 2.45) is 4.99 Å². The molecule has 1 fully saturated rings. The molecular formula is C19H13F3N2O3S. The average Bonchev–Trinajstić information content (AvgIpc) is 3.22. The van der Waals surface area contributed by atoms with Gasteiger partial charge in [0.2, 0.25) is 6.79 Å². The van der Waals surface area contributed by atoms with Crippen LogP contribution in [0.5, 0.6) is 11.5 Å². The van der Waals surface area contributed by atoms with E-state index in [9.17, 15) is 18.0 Å². The first kappa shape index (κ1) is 18.4. The second-order valence-electron chi connectivity index (χ2n) is 6.03. The third-order valence-corrected chi connectivity index (χ3v) is 5.16. The van der Waals surface area contributed by atoms with Gasteiger partial charge in [-0.2, -0.15) is 13.2 Å². The molecule has 9 heteroatoms. The molecule has 0 unspecified atom stereocenters. The fraction of sp³-hybridized carbons (Fsp3) is 0.158. The standard InChI is InChI=1S/C19H13F3N2O3S/c1-24-17(25)16(8-11-5-6-14-15(7-11)27-10-26-14)28-18(24)23-13-4-2-3-12(9-13)19(20,21)22/h2-9H,10H2,1H3. The maximum Gasteiger partial charge on any atom is 0.416 e. The first-order valence-electron chi connectivity index (χ1n) is 8.14. The average molecular weight is 406 g/mol. The summed E-state index contributed by atoms with van der Waals surface area (Å²) in [6, 6.07) is 9.96. The summed E-state index contributed by atoms with van der Waals surface area (Å²) < 4.78 is 49.2. The lowest BCUT2D eigenvalue weighted by atomic mass is 10.2. The molecule has 2 aromatic rings. The van der Waals surface area contributed by atoms with E-state index in [1.54, 1.807) is 24.3 Å². The molecule has 5 nitrogen and oxygen atoms in total. The Balaban J connectivity index is 1.61. The number of ether oxygens (including phenoxy) is 2. The van der Waals surface area contributed by atoms with E-state index in [4.69, 9.17) is 9.47 Å². The quantitative estimate of drug-likeness (QED) is 0.681. The predicted molar refractivity (Wildman–Crippen MR) is 99.4 cm³/mol. The SMILES string of the molecule is CN1C(=O)C(=Cc2ccc3c(c2)OCO3)SC1=Nc1cccc(C(F)(F)F)c1. The van der Waals surface area contributed by atoms with E-state index in [1.807, 2.05) is 0 Å². The van der Waals surface area contributed by atoms with Crippen LogP contribution in [0, 0.1) is 0 Å². The highest BCUT2D eigenvalue weighted by Crippen LogP contribution is 2.37. The number of hydrogen-bond acceptors (Lipinski definition) is 5. The lowest BCUT2D eigenvalue weighted by Crippen LogP contribution is -2.23. The molecule has 0 spiro atoms. The van der Waals surface area contributed by atoms with Gasteiger partial charge in [-0.05, 0) is 53.7 Å². The number of fused-ring (bicyclic) bond motifs is 1. The summed E-state index contributed by atoms with van der Waals surface area (Å²) in [5.41, 5.74) is 0.0811. The lowest BCUT2D eigenvalue weighted by Gasteiger charge is -2.09. The van der Waals surface area contributed by atoms with Crippen LogP contribution < -0.4 is 9.47 Å². The number of aliphatic imine (C=N–C) groups is 1. The van der Waals surface area contributed by atoms with E-state index >= 15 is 0 Å². The minimum absolute atomic E-state index is 0.126. The summed E-state index contributed by atoms with van der Waals surface area (Å²) in [7, 11) is 1.53. The number of carbonyl (C=O) groups is 1. The summed E-state index contributed by atoms with van der Waals surface area (Å²) in [4.78, 5) is 18.4. The van der Waals surface area contributed by atoms with Crippen molar-refractivity contribution in [3.63, 3.8) is 0 Å². The molecule has 0 saturated carbocycles. The van der Waals surface area contributed by atoms with Crippen molar-refractivity contribution in [3.05, 3.63) is 58.5 Å². The number of nitrogens with zero attached hydrogens (tertiary/aromatic N) is 2. The van der Waals surface area contributed by atoms with Crippen LogP contribution in [0.1, 0.15) is 11.1 Å². The van der Waals surface area contributed by atoms with Crippen molar-refractivity contribution in [1.29, 1.82) is 0 Å². The number of amides is 1. The van der Waals surface area contributed by atoms with Gasteiger partial charge in [-0.15, -0.1) is 0 Å². The number of thioether (sulfide) groups is 1. The molecule has 2 heterocycles. The second-order valence-corrected chi connectivity index (χ2v) is 7.04. The fourth-order valence-corrected chi connectivity index (χ4v) is 3.65. The van der Waals surface area contributed by atoms with Crippen LogP contribution in [0.4, 0.5) is 18.9 Å². The molecule has 2 aromatic carbocycles. The van der Waals surface area contributed by atoms with E-state index in [2.05, 4.69) is 4.99 Å². The van der Waals surface area contributed by atoms with Gasteiger partial charge in [0.05, 0.1) is 16.2 Å². The molecule has 1 amide bonds. The zero-order valence-electron chi connectivity index (χ0n) is 14.5. The molecule has 0 N–H and O–H groups in total. The largest absolute Gasteiger partial charge is 0.454 e. The van der Waals surface area contributed by atoms with E-state index < -0.39 is 11.7 Å². The molecule has 0 radical (unpaired) electrons. The van der Waals surface area contributed by atoms with Crippen molar-refractivity contribution < 1.29 is 27.4 Å². The van der Waals surface area contributed by atoms with Crippen molar-refractivity contribution in [1.82, 2.24) is 4.90 Å². The Hall–Kier alpha value is -2.94. The van der Waals surface area contributed by atoms with E-state index in [0.29, 0.717) is 21.6 Å². The molecule has 144 valence electrons. The van der Waals surface area contributed by atoms with E-state index in [-0.39, 0.29) is 18.4 Å². The first-order chi connectivity index (χ1) is 13.3. The maximum absolute atomic E-state index is 12.9. The predicted octanol–water partition coefficient (Wildman–Crippen LogP) is 4.67. The van der Waals surface area contributed by atoms with Gasteiger partial charge in [-0.3, -0.25) is 9.69 Å². The van der Waals surface area contributed by atoms with Crippen molar-refractivity contribution in [2.75, 3.05) is 13.8 Å². The van der Waals surface area contributed by atoms with Crippen LogP contribution in [0.2, 0.25) is 0 Å². The van der Waals surface area contributed by atoms with Gasteiger partial charge in [-0.25, -0.2) is 4.99 Å². The van der Waals surface area contributed by atoms with Crippen molar-refractivity contribution in [3.8, 4) is 11.5 Å². The summed E-state index contributed by atoms with van der Waals surface area (Å²) in [6.07, 6.45) is -2.77. The Morgan fingerprint density at radius 3 is 2.71 bits per heavy atom. The maximum atomic E-state index is 12.9. The van der Waals surface area contributed by atoms with Gasteiger partial charge in [0.25, 0.3) is 5.91 Å².